The molecule has 0 heterocycles. The monoisotopic (exact) mass is 515 g/mol. The Bertz CT molecular complexity index is 1050. The van der Waals surface area contributed by atoms with Crippen molar-refractivity contribution >= 4 is 5.91 Å². The molecule has 4 N–H and O–H groups in total. The lowest BCUT2D eigenvalue weighted by molar-refractivity contribution is -0.185. The van der Waals surface area contributed by atoms with E-state index in [0.29, 0.717) is 12.2 Å². The Balaban J connectivity index is 2.31. The minimum Gasteiger partial charge on any atom is -0.491 e. The van der Waals surface area contributed by atoms with Gasteiger partial charge in [-0.3, -0.25) is 10.0 Å². The van der Waals surface area contributed by atoms with Gasteiger partial charge in [0, 0.05) is 6.42 Å². The summed E-state index contributed by atoms with van der Waals surface area (Å²) in [5.74, 6) is -1.66. The van der Waals surface area contributed by atoms with Crippen LogP contribution in [0, 0.1) is 19.3 Å². The second kappa shape index (κ2) is 12.8. The highest BCUT2D eigenvalue weighted by Crippen LogP contribution is 2.40. The molecule has 0 aliphatic carbocycles. The van der Waals surface area contributed by atoms with Crippen molar-refractivity contribution in [3.63, 3.8) is 0 Å². The molecule has 7 nitrogen and oxygen atoms in total. The molecule has 0 spiro atoms. The Morgan fingerprint density at radius 3 is 2.30 bits per heavy atom. The number of carbonyl (C=O) groups is 1. The van der Waals surface area contributed by atoms with E-state index in [1.54, 1.807) is 6.07 Å². The fourth-order valence-electron chi connectivity index (χ4n) is 4.57. The maximum atomic E-state index is 12.1. The SMILES string of the molecule is CCCC(O)(Oc1cccc(C(CC)C(C)c2ccc(OCC(O)C(C)(C)C)c(C)c2)c1C)C(=O)NO. The number of benzene rings is 2. The molecule has 7 heteroatoms. The van der Waals surface area contributed by atoms with E-state index in [1.165, 1.54) is 11.0 Å². The van der Waals surface area contributed by atoms with Crippen LogP contribution in [0.5, 0.6) is 11.5 Å². The normalized spacial score (nSPS) is 15.9. The third-order valence-electron chi connectivity index (χ3n) is 7.21. The first-order valence-corrected chi connectivity index (χ1v) is 13.2. The predicted octanol–water partition coefficient (Wildman–Crippen LogP) is 5.76. The predicted molar refractivity (Wildman–Crippen MR) is 145 cm³/mol. The topological polar surface area (TPSA) is 108 Å². The fourth-order valence-corrected chi connectivity index (χ4v) is 4.57. The van der Waals surface area contributed by atoms with Crippen molar-refractivity contribution < 1.29 is 29.7 Å². The first-order chi connectivity index (χ1) is 17.3. The summed E-state index contributed by atoms with van der Waals surface area (Å²) in [7, 11) is 0. The van der Waals surface area contributed by atoms with Gasteiger partial charge in [0.1, 0.15) is 18.1 Å². The van der Waals surface area contributed by atoms with Crippen LogP contribution in [0.25, 0.3) is 0 Å². The van der Waals surface area contributed by atoms with Crippen LogP contribution in [0.1, 0.15) is 94.9 Å². The van der Waals surface area contributed by atoms with Crippen molar-refractivity contribution in [1.29, 1.82) is 0 Å². The summed E-state index contributed by atoms with van der Waals surface area (Å²) in [6.45, 7) is 16.3. The quantitative estimate of drug-likeness (QED) is 0.163. The Labute approximate surface area is 221 Å². The Kier molecular flexibility index (Phi) is 10.6. The summed E-state index contributed by atoms with van der Waals surface area (Å²) < 4.78 is 11.7. The van der Waals surface area contributed by atoms with E-state index in [9.17, 15) is 15.0 Å². The lowest BCUT2D eigenvalue weighted by Crippen LogP contribution is -2.50. The number of aliphatic hydroxyl groups excluding tert-OH is 1. The number of ether oxygens (including phenoxy) is 2. The molecule has 0 aliphatic heterocycles. The summed E-state index contributed by atoms with van der Waals surface area (Å²) in [6.07, 6.45) is 0.838. The molecule has 4 atom stereocenters. The van der Waals surface area contributed by atoms with E-state index in [1.807, 2.05) is 53.7 Å². The number of hydroxylamine groups is 1. The van der Waals surface area contributed by atoms with E-state index < -0.39 is 17.8 Å². The Morgan fingerprint density at radius 1 is 1.08 bits per heavy atom. The van der Waals surface area contributed by atoms with Crippen LogP contribution in [-0.4, -0.2) is 39.8 Å². The molecule has 0 saturated carbocycles. The zero-order chi connectivity index (χ0) is 28.0. The van der Waals surface area contributed by atoms with E-state index in [2.05, 4.69) is 32.0 Å². The average molecular weight is 516 g/mol. The second-order valence-corrected chi connectivity index (χ2v) is 11.1. The van der Waals surface area contributed by atoms with Crippen LogP contribution in [0.4, 0.5) is 0 Å². The minimum atomic E-state index is -2.16. The second-order valence-electron chi connectivity index (χ2n) is 11.1. The number of nitrogens with one attached hydrogen (secondary N) is 1. The lowest BCUT2D eigenvalue weighted by Gasteiger charge is -2.30. The van der Waals surface area contributed by atoms with Gasteiger partial charge in [-0.2, -0.15) is 0 Å². The molecule has 2 aromatic rings. The van der Waals surface area contributed by atoms with Gasteiger partial charge in [0.2, 0.25) is 0 Å². The molecule has 1 amide bonds. The van der Waals surface area contributed by atoms with Crippen molar-refractivity contribution in [2.45, 2.75) is 98.4 Å². The molecule has 0 fully saturated rings. The van der Waals surface area contributed by atoms with Gasteiger partial charge in [0.15, 0.2) is 0 Å². The summed E-state index contributed by atoms with van der Waals surface area (Å²) in [5, 5.41) is 30.2. The van der Waals surface area contributed by atoms with Gasteiger partial charge in [0.05, 0.1) is 6.10 Å². The Hall–Kier alpha value is -2.61. The number of aliphatic hydroxyl groups is 2. The van der Waals surface area contributed by atoms with Crippen LogP contribution in [0.15, 0.2) is 36.4 Å². The molecule has 0 radical (unpaired) electrons. The number of carbonyl (C=O) groups excluding carboxylic acids is 1. The lowest BCUT2D eigenvalue weighted by atomic mass is 9.79. The Morgan fingerprint density at radius 2 is 1.76 bits per heavy atom. The highest BCUT2D eigenvalue weighted by Gasteiger charge is 2.38. The first kappa shape index (κ1) is 30.6. The molecule has 0 aromatic heterocycles. The number of aryl methyl sites for hydroxylation is 1. The first-order valence-electron chi connectivity index (χ1n) is 13.2. The van der Waals surface area contributed by atoms with Crippen LogP contribution in [0.2, 0.25) is 0 Å². The van der Waals surface area contributed by atoms with Crippen LogP contribution in [0.3, 0.4) is 0 Å². The van der Waals surface area contributed by atoms with Crippen molar-refractivity contribution in [2.24, 2.45) is 5.41 Å². The van der Waals surface area contributed by atoms with Crippen molar-refractivity contribution in [1.82, 2.24) is 5.48 Å². The van der Waals surface area contributed by atoms with Crippen LogP contribution < -0.4 is 15.0 Å². The van der Waals surface area contributed by atoms with Crippen molar-refractivity contribution in [2.75, 3.05) is 6.61 Å². The fraction of sp³-hybridized carbons (Fsp3) is 0.567. The number of amides is 1. The number of hydrogen-bond donors (Lipinski definition) is 4. The molecule has 4 unspecified atom stereocenters. The van der Waals surface area contributed by atoms with Gasteiger partial charge in [-0.25, -0.2) is 5.48 Å². The highest BCUT2D eigenvalue weighted by molar-refractivity contribution is 5.82. The third kappa shape index (κ3) is 7.46. The zero-order valence-corrected chi connectivity index (χ0v) is 23.6. The molecular weight excluding hydrogens is 470 g/mol. The van der Waals surface area contributed by atoms with Gasteiger partial charge in [0.25, 0.3) is 5.79 Å². The number of rotatable bonds is 12. The summed E-state index contributed by atoms with van der Waals surface area (Å²) >= 11 is 0. The summed E-state index contributed by atoms with van der Waals surface area (Å²) in [5.41, 5.74) is 5.35. The van der Waals surface area contributed by atoms with Crippen molar-refractivity contribution in [3.8, 4) is 11.5 Å². The molecular formula is C30H45NO6. The molecule has 0 bridgehead atoms. The molecule has 0 saturated heterocycles. The number of hydrogen-bond acceptors (Lipinski definition) is 6. The van der Waals surface area contributed by atoms with Crippen LogP contribution in [-0.2, 0) is 4.79 Å². The summed E-state index contributed by atoms with van der Waals surface area (Å²) in [6, 6.07) is 11.8. The van der Waals surface area contributed by atoms with Gasteiger partial charge >= 0.3 is 5.91 Å². The zero-order valence-electron chi connectivity index (χ0n) is 23.6. The smallest absolute Gasteiger partial charge is 0.315 e. The molecule has 2 aromatic carbocycles. The van der Waals surface area contributed by atoms with E-state index in [4.69, 9.17) is 14.7 Å². The van der Waals surface area contributed by atoms with Gasteiger partial charge in [-0.15, -0.1) is 0 Å². The maximum Gasteiger partial charge on any atom is 0.315 e. The molecule has 37 heavy (non-hydrogen) atoms. The van der Waals surface area contributed by atoms with Gasteiger partial charge in [-0.1, -0.05) is 65.8 Å². The average Bonchev–Trinajstić information content (AvgIpc) is 2.84. The largest absolute Gasteiger partial charge is 0.491 e. The van der Waals surface area contributed by atoms with Crippen molar-refractivity contribution in [3.05, 3.63) is 58.7 Å². The summed E-state index contributed by atoms with van der Waals surface area (Å²) in [4.78, 5) is 12.1. The molecule has 0 aliphatic rings. The van der Waals surface area contributed by atoms with E-state index in [0.717, 1.165) is 28.9 Å². The van der Waals surface area contributed by atoms with Gasteiger partial charge in [-0.05, 0) is 78.3 Å². The molecule has 206 valence electrons. The standard InChI is InChI=1S/C30H45NO6/c1-9-16-30(34,28(33)31-35)37-26-13-11-12-24(21(26)5)23(10-2)20(4)22-14-15-25(19(3)17-22)36-18-27(32)29(6,7)8/h11-15,17,20,23,27,32,34-35H,9-10,16,18H2,1-8H3,(H,31,33). The van der Waals surface area contributed by atoms with E-state index in [-0.39, 0.29) is 30.3 Å². The minimum absolute atomic E-state index is 0.0388. The maximum absolute atomic E-state index is 12.1. The third-order valence-corrected chi connectivity index (χ3v) is 7.21. The highest BCUT2D eigenvalue weighted by atomic mass is 16.6. The molecule has 2 rings (SSSR count). The van der Waals surface area contributed by atoms with Crippen LogP contribution >= 0.6 is 0 Å². The van der Waals surface area contributed by atoms with Gasteiger partial charge < -0.3 is 19.7 Å². The van der Waals surface area contributed by atoms with E-state index >= 15 is 0 Å².